The predicted octanol–water partition coefficient (Wildman–Crippen LogP) is 3.73. The van der Waals surface area contributed by atoms with E-state index in [0.29, 0.717) is 28.6 Å². The average molecular weight is 394 g/mol. The SMILES string of the molecule is CCOC(=O)Cc1csc(NC(=O)c2ccccc2C(=O)c2ccccc2)n1. The Balaban J connectivity index is 1.76. The molecule has 0 unspecified atom stereocenters. The van der Waals surface area contributed by atoms with Gasteiger partial charge in [-0.2, -0.15) is 0 Å². The van der Waals surface area contributed by atoms with Crippen molar-refractivity contribution in [3.05, 3.63) is 82.4 Å². The van der Waals surface area contributed by atoms with Crippen LogP contribution in [0.2, 0.25) is 0 Å². The van der Waals surface area contributed by atoms with Crippen LogP contribution in [0.25, 0.3) is 0 Å². The topological polar surface area (TPSA) is 85.4 Å². The van der Waals surface area contributed by atoms with Crippen LogP contribution in [0.15, 0.2) is 60.0 Å². The first-order chi connectivity index (χ1) is 13.6. The van der Waals surface area contributed by atoms with Gasteiger partial charge in [0, 0.05) is 16.5 Å². The van der Waals surface area contributed by atoms with Gasteiger partial charge >= 0.3 is 5.97 Å². The second-order valence-corrected chi connectivity index (χ2v) is 6.68. The van der Waals surface area contributed by atoms with E-state index in [1.165, 1.54) is 11.3 Å². The first kappa shape index (κ1) is 19.4. The lowest BCUT2D eigenvalue weighted by Crippen LogP contribution is -2.17. The van der Waals surface area contributed by atoms with Crippen molar-refractivity contribution in [2.75, 3.05) is 11.9 Å². The highest BCUT2D eigenvalue weighted by Gasteiger charge is 2.19. The number of thiazole rings is 1. The molecule has 0 spiro atoms. The largest absolute Gasteiger partial charge is 0.466 e. The fourth-order valence-electron chi connectivity index (χ4n) is 2.59. The number of ether oxygens (including phenoxy) is 1. The molecule has 6 nitrogen and oxygen atoms in total. The molecule has 7 heteroatoms. The molecule has 1 N–H and O–H groups in total. The van der Waals surface area contributed by atoms with Crippen LogP contribution in [-0.4, -0.2) is 29.3 Å². The van der Waals surface area contributed by atoms with Crippen molar-refractivity contribution in [1.29, 1.82) is 0 Å². The number of esters is 1. The molecule has 1 heterocycles. The molecule has 142 valence electrons. The minimum Gasteiger partial charge on any atom is -0.466 e. The van der Waals surface area contributed by atoms with Gasteiger partial charge in [-0.1, -0.05) is 48.5 Å². The van der Waals surface area contributed by atoms with Gasteiger partial charge in [0.2, 0.25) is 0 Å². The predicted molar refractivity (Wildman–Crippen MR) is 107 cm³/mol. The minimum atomic E-state index is -0.433. The maximum absolute atomic E-state index is 12.8. The molecule has 0 aliphatic rings. The molecule has 0 bridgehead atoms. The van der Waals surface area contributed by atoms with Crippen molar-refractivity contribution in [1.82, 2.24) is 4.98 Å². The molecule has 1 amide bonds. The highest BCUT2D eigenvalue weighted by molar-refractivity contribution is 7.14. The average Bonchev–Trinajstić information content (AvgIpc) is 3.14. The molecule has 0 atom stereocenters. The Labute approximate surface area is 166 Å². The van der Waals surface area contributed by atoms with Gasteiger partial charge in [0.25, 0.3) is 5.91 Å². The van der Waals surface area contributed by atoms with Gasteiger partial charge in [0.05, 0.1) is 24.3 Å². The van der Waals surface area contributed by atoms with Crippen LogP contribution in [0.4, 0.5) is 5.13 Å². The highest BCUT2D eigenvalue weighted by atomic mass is 32.1. The van der Waals surface area contributed by atoms with Gasteiger partial charge in [-0.05, 0) is 13.0 Å². The van der Waals surface area contributed by atoms with Crippen molar-refractivity contribution in [2.24, 2.45) is 0 Å². The molecule has 1 aromatic heterocycles. The first-order valence-corrected chi connectivity index (χ1v) is 9.56. The number of hydrogen-bond donors (Lipinski definition) is 1. The number of ketones is 1. The van der Waals surface area contributed by atoms with E-state index in [1.54, 1.807) is 60.8 Å². The first-order valence-electron chi connectivity index (χ1n) is 8.68. The fourth-order valence-corrected chi connectivity index (χ4v) is 3.30. The van der Waals surface area contributed by atoms with Gasteiger partial charge in [0.1, 0.15) is 0 Å². The van der Waals surface area contributed by atoms with Crippen LogP contribution in [0, 0.1) is 0 Å². The van der Waals surface area contributed by atoms with Crippen molar-refractivity contribution >= 4 is 34.1 Å². The summed E-state index contributed by atoms with van der Waals surface area (Å²) in [5.41, 5.74) is 1.61. The van der Waals surface area contributed by atoms with Crippen molar-refractivity contribution in [3.8, 4) is 0 Å². The molecule has 0 radical (unpaired) electrons. The molecule has 0 aliphatic heterocycles. The van der Waals surface area contributed by atoms with E-state index < -0.39 is 5.91 Å². The standard InChI is InChI=1S/C21H18N2O4S/c1-2-27-18(24)12-15-13-28-21(22-15)23-20(26)17-11-7-6-10-16(17)19(25)14-8-4-3-5-9-14/h3-11,13H,2,12H2,1H3,(H,22,23,26). The van der Waals surface area contributed by atoms with Crippen LogP contribution < -0.4 is 5.32 Å². The maximum atomic E-state index is 12.8. The van der Waals surface area contributed by atoms with Gasteiger partial charge in [-0.25, -0.2) is 4.98 Å². The van der Waals surface area contributed by atoms with E-state index in [0.717, 1.165) is 0 Å². The zero-order valence-electron chi connectivity index (χ0n) is 15.2. The molecular formula is C21H18N2O4S. The lowest BCUT2D eigenvalue weighted by molar-refractivity contribution is -0.142. The molecule has 0 fully saturated rings. The Kier molecular flexibility index (Phi) is 6.29. The molecule has 3 rings (SSSR count). The minimum absolute atomic E-state index is 0.0449. The zero-order chi connectivity index (χ0) is 19.9. The summed E-state index contributed by atoms with van der Waals surface area (Å²) in [5, 5.41) is 4.74. The molecule has 0 saturated heterocycles. The number of rotatable bonds is 7. The van der Waals surface area contributed by atoms with Crippen LogP contribution in [-0.2, 0) is 16.0 Å². The van der Waals surface area contributed by atoms with Crippen LogP contribution in [0.3, 0.4) is 0 Å². The second kappa shape index (κ2) is 9.05. The van der Waals surface area contributed by atoms with E-state index in [4.69, 9.17) is 4.74 Å². The summed E-state index contributed by atoms with van der Waals surface area (Å²) in [6.45, 7) is 2.04. The number of nitrogens with one attached hydrogen (secondary N) is 1. The van der Waals surface area contributed by atoms with Crippen LogP contribution in [0.1, 0.15) is 38.9 Å². The number of carbonyl (C=O) groups excluding carboxylic acids is 3. The smallest absolute Gasteiger partial charge is 0.311 e. The second-order valence-electron chi connectivity index (χ2n) is 5.82. The number of amides is 1. The summed E-state index contributed by atoms with van der Waals surface area (Å²) in [6.07, 6.45) is 0.0449. The Morgan fingerprint density at radius 3 is 2.39 bits per heavy atom. The maximum Gasteiger partial charge on any atom is 0.311 e. The van der Waals surface area contributed by atoms with E-state index >= 15 is 0 Å². The highest BCUT2D eigenvalue weighted by Crippen LogP contribution is 2.20. The Bertz CT molecular complexity index is 998. The van der Waals surface area contributed by atoms with E-state index in [2.05, 4.69) is 10.3 Å². The number of nitrogens with zero attached hydrogens (tertiary/aromatic N) is 1. The number of aromatic nitrogens is 1. The summed E-state index contributed by atoms with van der Waals surface area (Å²) in [6, 6.07) is 15.4. The summed E-state index contributed by atoms with van der Waals surface area (Å²) in [4.78, 5) is 41.3. The summed E-state index contributed by atoms with van der Waals surface area (Å²) < 4.78 is 4.89. The zero-order valence-corrected chi connectivity index (χ0v) is 16.0. The molecule has 0 saturated carbocycles. The van der Waals surface area contributed by atoms with Crippen LogP contribution in [0.5, 0.6) is 0 Å². The summed E-state index contributed by atoms with van der Waals surface area (Å²) in [7, 11) is 0. The monoisotopic (exact) mass is 394 g/mol. The number of benzene rings is 2. The van der Waals surface area contributed by atoms with E-state index in [9.17, 15) is 14.4 Å². The van der Waals surface area contributed by atoms with Crippen molar-refractivity contribution in [3.63, 3.8) is 0 Å². The molecule has 3 aromatic rings. The molecule has 0 aliphatic carbocycles. The lowest BCUT2D eigenvalue weighted by Gasteiger charge is -2.08. The number of hydrogen-bond acceptors (Lipinski definition) is 6. The third-order valence-electron chi connectivity index (χ3n) is 3.86. The number of carbonyl (C=O) groups is 3. The van der Waals surface area contributed by atoms with Crippen molar-refractivity contribution in [2.45, 2.75) is 13.3 Å². The quantitative estimate of drug-likeness (QED) is 0.487. The Morgan fingerprint density at radius 1 is 1.00 bits per heavy atom. The normalized spacial score (nSPS) is 10.3. The van der Waals surface area contributed by atoms with Gasteiger partial charge in [-0.15, -0.1) is 11.3 Å². The summed E-state index contributed by atoms with van der Waals surface area (Å²) in [5.74, 6) is -1.03. The third-order valence-corrected chi connectivity index (χ3v) is 4.66. The molecule has 28 heavy (non-hydrogen) atoms. The number of anilines is 1. The third kappa shape index (κ3) is 4.69. The molecular weight excluding hydrogens is 376 g/mol. The fraction of sp³-hybridized carbons (Fsp3) is 0.143. The van der Waals surface area contributed by atoms with Crippen molar-refractivity contribution < 1.29 is 19.1 Å². The van der Waals surface area contributed by atoms with E-state index in [1.807, 2.05) is 6.07 Å². The van der Waals surface area contributed by atoms with Crippen LogP contribution >= 0.6 is 11.3 Å². The molecule has 2 aromatic carbocycles. The Hall–Kier alpha value is -3.32. The summed E-state index contributed by atoms with van der Waals surface area (Å²) >= 11 is 1.21. The van der Waals surface area contributed by atoms with Gasteiger partial charge in [-0.3, -0.25) is 19.7 Å². The van der Waals surface area contributed by atoms with Gasteiger partial charge < -0.3 is 4.74 Å². The lowest BCUT2D eigenvalue weighted by atomic mass is 9.98. The van der Waals surface area contributed by atoms with E-state index in [-0.39, 0.29) is 23.7 Å². The Morgan fingerprint density at radius 2 is 1.68 bits per heavy atom. The van der Waals surface area contributed by atoms with Gasteiger partial charge in [0.15, 0.2) is 10.9 Å².